The molecule has 2 atom stereocenters. The number of hydrogen-bond donors (Lipinski definition) is 1. The number of nitrogens with zero attached hydrogens (tertiary/aromatic N) is 1. The second-order valence-electron chi connectivity index (χ2n) is 7.26. The van der Waals surface area contributed by atoms with Crippen molar-refractivity contribution in [2.45, 2.75) is 38.1 Å². The van der Waals surface area contributed by atoms with Gasteiger partial charge in [-0.25, -0.2) is 9.59 Å². The van der Waals surface area contributed by atoms with Crippen LogP contribution in [-0.2, 0) is 19.8 Å². The first-order chi connectivity index (χ1) is 13.9. The lowest BCUT2D eigenvalue weighted by Gasteiger charge is -2.44. The zero-order valence-electron chi connectivity index (χ0n) is 16.3. The number of amides is 1. The first-order valence-corrected chi connectivity index (χ1v) is 11.1. The first kappa shape index (κ1) is 21.4. The minimum atomic E-state index is -4.40. The number of carbonyl (C=O) groups is 2. The van der Waals surface area contributed by atoms with Gasteiger partial charge >= 0.3 is 22.4 Å². The smallest absolute Gasteiger partial charge is 0.423 e. The van der Waals surface area contributed by atoms with Gasteiger partial charge in [-0.1, -0.05) is 6.42 Å². The molecule has 160 valence electrons. The van der Waals surface area contributed by atoms with Crippen molar-refractivity contribution in [3.8, 4) is 5.75 Å². The second-order valence-corrected chi connectivity index (χ2v) is 8.53. The molecule has 0 spiro atoms. The molecule has 2 aliphatic heterocycles. The van der Waals surface area contributed by atoms with Gasteiger partial charge in [0, 0.05) is 12.0 Å². The number of ether oxygens (including phenoxy) is 2. The third-order valence-corrected chi connectivity index (χ3v) is 6.18. The summed E-state index contributed by atoms with van der Waals surface area (Å²) in [7, 11) is -3.16. The fourth-order valence-electron chi connectivity index (χ4n) is 4.00. The minimum absolute atomic E-state index is 0.0527. The van der Waals surface area contributed by atoms with Gasteiger partial charge in [-0.05, 0) is 63.0 Å². The minimum Gasteiger partial charge on any atom is -0.465 e. The van der Waals surface area contributed by atoms with Gasteiger partial charge < -0.3 is 13.7 Å². The van der Waals surface area contributed by atoms with Crippen molar-refractivity contribution in [1.82, 2.24) is 9.62 Å². The van der Waals surface area contributed by atoms with Crippen molar-refractivity contribution in [3.63, 3.8) is 0 Å². The van der Waals surface area contributed by atoms with E-state index in [1.807, 2.05) is 0 Å². The van der Waals surface area contributed by atoms with Crippen LogP contribution in [-0.4, -0.2) is 58.2 Å². The molecule has 2 saturated heterocycles. The Bertz CT molecular complexity index is 823. The van der Waals surface area contributed by atoms with E-state index in [4.69, 9.17) is 8.92 Å². The molecule has 2 heterocycles. The third kappa shape index (κ3) is 5.83. The van der Waals surface area contributed by atoms with Crippen molar-refractivity contribution in [2.24, 2.45) is 5.92 Å². The highest BCUT2D eigenvalue weighted by Crippen LogP contribution is 2.31. The molecule has 29 heavy (non-hydrogen) atoms. The zero-order valence-corrected chi connectivity index (χ0v) is 17.2. The molecule has 0 aromatic heterocycles. The van der Waals surface area contributed by atoms with E-state index in [1.165, 1.54) is 44.2 Å². The Morgan fingerprint density at radius 1 is 1.10 bits per heavy atom. The van der Waals surface area contributed by atoms with Crippen LogP contribution in [0, 0.1) is 5.92 Å². The summed E-state index contributed by atoms with van der Waals surface area (Å²) in [6, 6.07) is 5.68. The van der Waals surface area contributed by atoms with Crippen molar-refractivity contribution in [1.29, 1.82) is 0 Å². The molecule has 1 amide bonds. The van der Waals surface area contributed by atoms with Crippen molar-refractivity contribution >= 4 is 22.4 Å². The first-order valence-electron chi connectivity index (χ1n) is 9.69. The van der Waals surface area contributed by atoms with Crippen molar-refractivity contribution in [2.75, 3.05) is 26.8 Å². The Hall–Kier alpha value is -2.33. The molecule has 0 bridgehead atoms. The van der Waals surface area contributed by atoms with Gasteiger partial charge in [-0.2, -0.15) is 13.1 Å². The van der Waals surface area contributed by atoms with E-state index in [2.05, 4.69) is 9.64 Å². The summed E-state index contributed by atoms with van der Waals surface area (Å²) in [5.41, 5.74) is 0.244. The molecular formula is C19H26N2O7S. The highest BCUT2D eigenvalue weighted by atomic mass is 32.2. The molecule has 1 aromatic carbocycles. The molecule has 9 nitrogen and oxygen atoms in total. The Labute approximate surface area is 170 Å². The van der Waals surface area contributed by atoms with Crippen LogP contribution in [0.3, 0.4) is 0 Å². The lowest BCUT2D eigenvalue weighted by Crippen LogP contribution is -2.49. The Balaban J connectivity index is 1.49. The summed E-state index contributed by atoms with van der Waals surface area (Å²) < 4.78 is 40.4. The molecule has 10 heteroatoms. The van der Waals surface area contributed by atoms with Crippen molar-refractivity contribution < 1.29 is 31.7 Å². The van der Waals surface area contributed by atoms with Gasteiger partial charge in [0.05, 0.1) is 19.3 Å². The molecule has 1 aromatic rings. The molecule has 0 saturated carbocycles. The van der Waals surface area contributed by atoms with Gasteiger partial charge in [-0.3, -0.25) is 4.90 Å². The highest BCUT2D eigenvalue weighted by molar-refractivity contribution is 7.85. The van der Waals surface area contributed by atoms with Crippen LogP contribution in [0.2, 0.25) is 0 Å². The van der Waals surface area contributed by atoms with E-state index in [0.717, 1.165) is 32.4 Å². The Kier molecular flexibility index (Phi) is 6.96. The normalized spacial score (nSPS) is 22.2. The topological polar surface area (TPSA) is 111 Å². The summed E-state index contributed by atoms with van der Waals surface area (Å²) >= 11 is 0. The maximum absolute atomic E-state index is 12.0. The van der Waals surface area contributed by atoms with Crippen LogP contribution in [0.15, 0.2) is 24.3 Å². The van der Waals surface area contributed by atoms with Gasteiger partial charge in [-0.15, -0.1) is 0 Å². The predicted molar refractivity (Wildman–Crippen MR) is 104 cm³/mol. The van der Waals surface area contributed by atoms with Crippen LogP contribution in [0.1, 0.15) is 42.5 Å². The van der Waals surface area contributed by atoms with Crippen LogP contribution >= 0.6 is 0 Å². The Morgan fingerprint density at radius 2 is 1.83 bits per heavy atom. The predicted octanol–water partition coefficient (Wildman–Crippen LogP) is 2.09. The summed E-state index contributed by atoms with van der Waals surface area (Å²) in [6.07, 6.45) is 4.39. The summed E-state index contributed by atoms with van der Waals surface area (Å²) in [5.74, 6) is -0.396. The SMILES string of the molecule is COC(=O)c1ccc(OS(=O)(=O)NC(=O)OCC2CCCN3CCCCC23)cc1. The quantitative estimate of drug-likeness (QED) is 0.689. The van der Waals surface area contributed by atoms with Gasteiger partial charge in [0.2, 0.25) is 0 Å². The number of rotatable bonds is 6. The van der Waals surface area contributed by atoms with Crippen LogP contribution in [0.5, 0.6) is 5.75 Å². The standard InChI is InChI=1S/C19H26N2O7S/c1-26-18(22)14-7-9-16(10-8-14)28-29(24,25)20-19(23)27-13-15-5-4-12-21-11-3-2-6-17(15)21/h7-10,15,17H,2-6,11-13H2,1H3,(H,20,23). The zero-order chi connectivity index (χ0) is 20.9. The molecule has 0 aliphatic carbocycles. The number of carbonyl (C=O) groups excluding carboxylic acids is 2. The molecule has 0 radical (unpaired) electrons. The molecular weight excluding hydrogens is 400 g/mol. The molecule has 3 rings (SSSR count). The van der Waals surface area contributed by atoms with E-state index in [-0.39, 0.29) is 23.8 Å². The van der Waals surface area contributed by atoms with Crippen molar-refractivity contribution in [3.05, 3.63) is 29.8 Å². The molecule has 2 unspecified atom stereocenters. The Morgan fingerprint density at radius 3 is 2.55 bits per heavy atom. The monoisotopic (exact) mass is 426 g/mol. The summed E-state index contributed by atoms with van der Waals surface area (Å²) in [5, 5.41) is 0. The lowest BCUT2D eigenvalue weighted by molar-refractivity contribution is 0.0244. The van der Waals surface area contributed by atoms with Crippen LogP contribution < -0.4 is 8.91 Å². The second kappa shape index (κ2) is 9.45. The van der Waals surface area contributed by atoms with E-state index >= 15 is 0 Å². The average Bonchev–Trinajstić information content (AvgIpc) is 2.71. The molecule has 2 fully saturated rings. The number of benzene rings is 1. The fraction of sp³-hybridized carbons (Fsp3) is 0.579. The van der Waals surface area contributed by atoms with E-state index in [9.17, 15) is 18.0 Å². The largest absolute Gasteiger partial charge is 0.465 e. The number of piperidine rings is 2. The van der Waals surface area contributed by atoms with Crippen LogP contribution in [0.4, 0.5) is 4.79 Å². The average molecular weight is 426 g/mol. The number of nitrogens with one attached hydrogen (secondary N) is 1. The lowest BCUT2D eigenvalue weighted by atomic mass is 9.84. The van der Waals surface area contributed by atoms with E-state index < -0.39 is 22.4 Å². The maximum Gasteiger partial charge on any atom is 0.423 e. The van der Waals surface area contributed by atoms with Gasteiger partial charge in [0.25, 0.3) is 0 Å². The number of hydrogen-bond acceptors (Lipinski definition) is 8. The molecule has 1 N–H and O–H groups in total. The van der Waals surface area contributed by atoms with E-state index in [0.29, 0.717) is 6.04 Å². The van der Waals surface area contributed by atoms with Gasteiger partial charge in [0.15, 0.2) is 0 Å². The summed E-state index contributed by atoms with van der Waals surface area (Å²) in [4.78, 5) is 25.8. The number of methoxy groups -OCH3 is 1. The maximum atomic E-state index is 12.0. The van der Waals surface area contributed by atoms with Gasteiger partial charge in [0.1, 0.15) is 5.75 Å². The number of esters is 1. The van der Waals surface area contributed by atoms with Crippen LogP contribution in [0.25, 0.3) is 0 Å². The summed E-state index contributed by atoms with van der Waals surface area (Å²) in [6.45, 7) is 2.32. The molecule has 2 aliphatic rings. The highest BCUT2D eigenvalue weighted by Gasteiger charge is 2.33. The number of fused-ring (bicyclic) bond motifs is 1. The fourth-order valence-corrected chi connectivity index (χ4v) is 4.67. The van der Waals surface area contributed by atoms with E-state index in [1.54, 1.807) is 4.72 Å². The third-order valence-electron chi connectivity index (χ3n) is 5.35.